The fraction of sp³-hybridized carbons (Fsp3) is 0.714. The molecule has 6 unspecified atom stereocenters. The van der Waals surface area contributed by atoms with Gasteiger partial charge in [-0.15, -0.1) is 0 Å². The van der Waals surface area contributed by atoms with E-state index in [1.54, 1.807) is 0 Å². The predicted molar refractivity (Wildman–Crippen MR) is 239 cm³/mol. The van der Waals surface area contributed by atoms with Gasteiger partial charge in [-0.25, -0.2) is 0 Å². The van der Waals surface area contributed by atoms with Gasteiger partial charge in [0.1, 0.15) is 0 Å². The Labute approximate surface area is 347 Å². The van der Waals surface area contributed by atoms with Crippen molar-refractivity contribution in [3.8, 4) is 0 Å². The van der Waals surface area contributed by atoms with E-state index >= 15 is 0 Å². The van der Waals surface area contributed by atoms with E-state index in [1.165, 1.54) is 11.1 Å². The molecule has 2 aliphatic rings. The van der Waals surface area contributed by atoms with Gasteiger partial charge in [0, 0.05) is 0 Å². The van der Waals surface area contributed by atoms with Crippen LogP contribution in [-0.4, -0.2) is 81.2 Å². The molecule has 313 valence electrons. The van der Waals surface area contributed by atoms with Crippen LogP contribution in [0.25, 0.3) is 0 Å². The Morgan fingerprint density at radius 1 is 0.636 bits per heavy atom. The molecule has 2 aromatic carbocycles. The summed E-state index contributed by atoms with van der Waals surface area (Å²) in [6, 6.07) is 21.7. The van der Waals surface area contributed by atoms with Crippen molar-refractivity contribution in [2.24, 2.45) is 0 Å². The van der Waals surface area contributed by atoms with Gasteiger partial charge in [0.05, 0.1) is 0 Å². The van der Waals surface area contributed by atoms with Crippen LogP contribution < -0.4 is 0 Å². The number of unbranched alkanes of at least 4 members (excludes halogenated alkanes) is 4. The van der Waals surface area contributed by atoms with Gasteiger partial charge in [-0.1, -0.05) is 0 Å². The molecule has 0 fully saturated rings. The fourth-order valence-corrected chi connectivity index (χ4v) is 41.8. The molecule has 0 spiro atoms. The SMILES string of the molecule is CCCC[SiH](C)OC1(O[SiH](C)CCCC)Cc2ccccc2[CH]1[Zr]([Cl])([CH2]C(O)O)([CH]1c2ccccc2CC1(O[SiH](C)CCCC)O[SiH](C)CCCC)[N](C)C. The first-order valence-corrected chi connectivity index (χ1v) is 40.5. The van der Waals surface area contributed by atoms with Crippen molar-refractivity contribution in [2.75, 3.05) is 14.1 Å². The Hall–Kier alpha value is 0.201. The average Bonchev–Trinajstić information content (AvgIpc) is 3.63. The number of fused-ring (bicyclic) bond motifs is 2. The van der Waals surface area contributed by atoms with Gasteiger partial charge in [0.25, 0.3) is 0 Å². The molecule has 0 saturated heterocycles. The van der Waals surface area contributed by atoms with Crippen LogP contribution >= 0.6 is 8.51 Å². The van der Waals surface area contributed by atoms with Gasteiger partial charge in [0.15, 0.2) is 0 Å². The molecule has 6 atom stereocenters. The Bertz CT molecular complexity index is 1370. The molecule has 55 heavy (non-hydrogen) atoms. The molecule has 0 saturated carbocycles. The first-order valence-electron chi connectivity index (χ1n) is 21.9. The van der Waals surface area contributed by atoms with Crippen LogP contribution in [0.3, 0.4) is 0 Å². The third kappa shape index (κ3) is 10.6. The second-order valence-electron chi connectivity index (χ2n) is 17.5. The zero-order valence-corrected chi connectivity index (χ0v) is 44.0. The van der Waals surface area contributed by atoms with Gasteiger partial charge in [-0.05, 0) is 0 Å². The zero-order valence-electron chi connectivity index (χ0n) is 36.1. The summed E-state index contributed by atoms with van der Waals surface area (Å²) in [5.41, 5.74) is 4.70. The van der Waals surface area contributed by atoms with Crippen LogP contribution in [0.4, 0.5) is 0 Å². The van der Waals surface area contributed by atoms with Crippen LogP contribution in [0.1, 0.15) is 109 Å². The summed E-state index contributed by atoms with van der Waals surface area (Å²) in [6.07, 6.45) is 8.50. The van der Waals surface area contributed by atoms with Gasteiger partial charge in [-0.3, -0.25) is 0 Å². The maximum atomic E-state index is 11.6. The second-order valence-corrected chi connectivity index (χ2v) is 45.5. The zero-order chi connectivity index (χ0) is 40.5. The summed E-state index contributed by atoms with van der Waals surface area (Å²) in [5.74, 6) is -2.04. The first kappa shape index (κ1) is 47.9. The van der Waals surface area contributed by atoms with E-state index in [2.05, 4.69) is 119 Å². The standard InChI is InChI=1S/2C19H33O2Si2.C2H6N.C2H5O2.ClH.Zr/c2*1-5-7-13-22(3)20-19(21-23(4)14-8-6-2)15-17-11-9-10-12-18(17)16-19;1-3-2;1-2(3)4;;/h2*9-12,15,22-23H,5-8,13-14,16H2,1-4H3;1-2H3;2-4H,1H2;1H;/q;;-1;;;+2/p-1. The number of halogens is 1. The van der Waals surface area contributed by atoms with E-state index in [4.69, 9.17) is 17.7 Å². The molecule has 0 bridgehead atoms. The minimum atomic E-state index is -5.84. The van der Waals surface area contributed by atoms with E-state index in [0.717, 1.165) is 86.7 Å². The van der Waals surface area contributed by atoms with Crippen molar-refractivity contribution in [2.45, 2.75) is 172 Å². The molecule has 2 aromatic rings. The summed E-state index contributed by atoms with van der Waals surface area (Å²) in [5, 5.41) is 23.2. The maximum absolute atomic E-state index is 11.6. The molecule has 4 rings (SSSR count). The Balaban J connectivity index is 2.16. The van der Waals surface area contributed by atoms with Crippen LogP contribution in [0.5, 0.6) is 0 Å². The van der Waals surface area contributed by atoms with E-state index in [9.17, 15) is 18.7 Å². The summed E-state index contributed by atoms with van der Waals surface area (Å²) < 4.78 is 32.3. The summed E-state index contributed by atoms with van der Waals surface area (Å²) in [7, 11) is 6.33. The van der Waals surface area contributed by atoms with Crippen molar-refractivity contribution in [3.63, 3.8) is 0 Å². The first-order chi connectivity index (χ1) is 26.1. The summed E-state index contributed by atoms with van der Waals surface area (Å²) in [4.78, 5) is 0. The molecule has 0 aromatic heterocycles. The average molecular weight is 931 g/mol. The molecule has 13 heteroatoms. The van der Waals surface area contributed by atoms with E-state index in [0.29, 0.717) is 12.8 Å². The van der Waals surface area contributed by atoms with Crippen molar-refractivity contribution in [1.82, 2.24) is 2.84 Å². The third-order valence-corrected chi connectivity index (χ3v) is 43.8. The number of hydrogen-bond acceptors (Lipinski definition) is 7. The fourth-order valence-electron chi connectivity index (χ4n) is 10.3. The quantitative estimate of drug-likeness (QED) is 0.0759. The van der Waals surface area contributed by atoms with Crippen LogP contribution in [0.2, 0.25) is 54.5 Å². The number of benzene rings is 2. The topological polar surface area (TPSA) is 80.6 Å². The number of aliphatic hydroxyl groups excluding tert-OH is 1. The number of hydrogen-bond donors (Lipinski definition) is 2. The van der Waals surface area contributed by atoms with E-state index < -0.39 is 79.2 Å². The van der Waals surface area contributed by atoms with Gasteiger partial charge >= 0.3 is 350 Å². The van der Waals surface area contributed by atoms with E-state index in [-0.39, 0.29) is 4.13 Å². The van der Waals surface area contributed by atoms with Crippen LogP contribution in [0.15, 0.2) is 48.5 Å². The molecule has 2 N–H and O–H groups in total. The van der Waals surface area contributed by atoms with Crippen molar-refractivity contribution >= 4 is 44.7 Å². The van der Waals surface area contributed by atoms with Crippen molar-refractivity contribution in [1.29, 1.82) is 0 Å². The Morgan fingerprint density at radius 2 is 0.945 bits per heavy atom. The number of aliphatic hydroxyl groups is 2. The van der Waals surface area contributed by atoms with Crippen LogP contribution in [0, 0.1) is 0 Å². The van der Waals surface area contributed by atoms with Gasteiger partial charge in [-0.2, -0.15) is 0 Å². The Kier molecular flexibility index (Phi) is 18.4. The monoisotopic (exact) mass is 928 g/mol. The molecular weight excluding hydrogens is 853 g/mol. The van der Waals surface area contributed by atoms with E-state index in [1.807, 2.05) is 0 Å². The molecular formula is C42H77ClNO6Si4Zr. The molecule has 0 aliphatic heterocycles. The predicted octanol–water partition coefficient (Wildman–Crippen LogP) is 9.70. The summed E-state index contributed by atoms with van der Waals surface area (Å²) in [6.45, 7) is 18.3. The van der Waals surface area contributed by atoms with Gasteiger partial charge < -0.3 is 0 Å². The van der Waals surface area contributed by atoms with Crippen LogP contribution in [-0.2, 0) is 48.4 Å². The third-order valence-electron chi connectivity index (χ3n) is 12.8. The molecule has 0 amide bonds. The molecule has 0 radical (unpaired) electrons. The molecule has 7 nitrogen and oxygen atoms in total. The second kappa shape index (κ2) is 21.1. The number of rotatable bonds is 25. The van der Waals surface area contributed by atoms with Crippen molar-refractivity contribution < 1.29 is 45.8 Å². The molecule has 2 aliphatic carbocycles. The minimum absolute atomic E-state index is 0.0441. The number of nitrogens with zero attached hydrogens (tertiary/aromatic N) is 1. The molecule has 0 heterocycles. The van der Waals surface area contributed by atoms with Gasteiger partial charge in [0.2, 0.25) is 0 Å². The Morgan fingerprint density at radius 3 is 1.22 bits per heavy atom. The normalized spacial score (nSPS) is 25.4. The van der Waals surface area contributed by atoms with Crippen molar-refractivity contribution in [3.05, 3.63) is 70.8 Å². The summed E-state index contributed by atoms with van der Waals surface area (Å²) >= 11 is -5.84.